The molecule has 22 heavy (non-hydrogen) atoms. The van der Waals surface area contributed by atoms with Gasteiger partial charge in [-0.15, -0.1) is 13.2 Å². The number of alkyl halides is 3. The van der Waals surface area contributed by atoms with Crippen molar-refractivity contribution in [2.24, 2.45) is 0 Å². The monoisotopic (exact) mass is 315 g/mol. The summed E-state index contributed by atoms with van der Waals surface area (Å²) in [7, 11) is 0. The van der Waals surface area contributed by atoms with Crippen LogP contribution in [-0.4, -0.2) is 24.0 Å². The Hall–Kier alpha value is -2.71. The van der Waals surface area contributed by atoms with Gasteiger partial charge in [0.25, 0.3) is 0 Å². The van der Waals surface area contributed by atoms with Gasteiger partial charge in [-0.2, -0.15) is 0 Å². The Kier molecular flexibility index (Phi) is 4.54. The van der Waals surface area contributed by atoms with Crippen molar-refractivity contribution in [3.63, 3.8) is 0 Å². The SMILES string of the molecule is Cc1cc(NC(=O)CNc2ccccc2OC(F)(F)F)no1. The topological polar surface area (TPSA) is 76.4 Å². The number of aryl methyl sites for hydroxylation is 1. The first-order chi connectivity index (χ1) is 10.3. The molecule has 0 bridgehead atoms. The molecule has 0 aliphatic carbocycles. The highest BCUT2D eigenvalue weighted by Crippen LogP contribution is 2.29. The summed E-state index contributed by atoms with van der Waals surface area (Å²) in [6, 6.07) is 6.94. The van der Waals surface area contributed by atoms with Gasteiger partial charge >= 0.3 is 6.36 Å². The van der Waals surface area contributed by atoms with Crippen molar-refractivity contribution in [2.75, 3.05) is 17.2 Å². The highest BCUT2D eigenvalue weighted by molar-refractivity contribution is 5.93. The smallest absolute Gasteiger partial charge is 0.404 e. The van der Waals surface area contributed by atoms with Crippen LogP contribution in [0, 0.1) is 6.92 Å². The quantitative estimate of drug-likeness (QED) is 0.887. The number of amides is 1. The van der Waals surface area contributed by atoms with E-state index in [0.717, 1.165) is 6.07 Å². The molecule has 9 heteroatoms. The molecule has 118 valence electrons. The zero-order valence-electron chi connectivity index (χ0n) is 11.4. The number of halogens is 3. The van der Waals surface area contributed by atoms with E-state index in [1.165, 1.54) is 24.3 Å². The molecule has 1 aromatic carbocycles. The maximum atomic E-state index is 12.3. The maximum absolute atomic E-state index is 12.3. The average molecular weight is 315 g/mol. The number of aromatic nitrogens is 1. The number of ether oxygens (including phenoxy) is 1. The lowest BCUT2D eigenvalue weighted by molar-refractivity contribution is -0.274. The molecule has 0 spiro atoms. The van der Waals surface area contributed by atoms with Crippen LogP contribution in [0.3, 0.4) is 0 Å². The number of para-hydroxylation sites is 2. The lowest BCUT2D eigenvalue weighted by Gasteiger charge is -2.14. The summed E-state index contributed by atoms with van der Waals surface area (Å²) in [5.41, 5.74) is 0.0475. The number of carbonyl (C=O) groups is 1. The van der Waals surface area contributed by atoms with Crippen molar-refractivity contribution < 1.29 is 27.2 Å². The third-order valence-electron chi connectivity index (χ3n) is 2.45. The van der Waals surface area contributed by atoms with Gasteiger partial charge in [0.2, 0.25) is 5.91 Å². The number of benzene rings is 1. The van der Waals surface area contributed by atoms with Crippen LogP contribution >= 0.6 is 0 Å². The Morgan fingerprint density at radius 1 is 1.36 bits per heavy atom. The first-order valence-electron chi connectivity index (χ1n) is 6.15. The number of hydrogen-bond donors (Lipinski definition) is 2. The summed E-state index contributed by atoms with van der Waals surface area (Å²) in [5.74, 6) is -0.161. The van der Waals surface area contributed by atoms with E-state index in [1.54, 1.807) is 6.92 Å². The number of rotatable bonds is 5. The van der Waals surface area contributed by atoms with E-state index in [-0.39, 0.29) is 18.1 Å². The Bertz CT molecular complexity index is 655. The first-order valence-corrected chi connectivity index (χ1v) is 6.15. The number of anilines is 2. The normalized spacial score (nSPS) is 11.1. The molecule has 2 N–H and O–H groups in total. The molecule has 2 rings (SSSR count). The molecule has 0 unspecified atom stereocenters. The minimum absolute atomic E-state index is 0.0475. The average Bonchev–Trinajstić information content (AvgIpc) is 2.81. The summed E-state index contributed by atoms with van der Waals surface area (Å²) in [6.45, 7) is 1.40. The van der Waals surface area contributed by atoms with Gasteiger partial charge in [-0.05, 0) is 19.1 Å². The van der Waals surface area contributed by atoms with Gasteiger partial charge in [-0.25, -0.2) is 0 Å². The van der Waals surface area contributed by atoms with Crippen molar-refractivity contribution in [3.8, 4) is 5.75 Å². The molecule has 0 saturated heterocycles. The largest absolute Gasteiger partial charge is 0.573 e. The van der Waals surface area contributed by atoms with E-state index in [4.69, 9.17) is 4.52 Å². The lowest BCUT2D eigenvalue weighted by atomic mass is 10.3. The standard InChI is InChI=1S/C13H12F3N3O3/c1-8-6-11(19-22-8)18-12(20)7-17-9-4-2-3-5-10(9)21-13(14,15)16/h2-6,17H,7H2,1H3,(H,18,19,20). The van der Waals surface area contributed by atoms with Crippen LogP contribution in [0.5, 0.6) is 5.75 Å². The highest BCUT2D eigenvalue weighted by Gasteiger charge is 2.32. The molecule has 1 aromatic heterocycles. The number of nitrogens with zero attached hydrogens (tertiary/aromatic N) is 1. The van der Waals surface area contributed by atoms with Gasteiger partial charge in [0.1, 0.15) is 5.76 Å². The van der Waals surface area contributed by atoms with Crippen LogP contribution in [0.2, 0.25) is 0 Å². The van der Waals surface area contributed by atoms with Crippen molar-refractivity contribution in [1.29, 1.82) is 0 Å². The molecule has 0 atom stereocenters. The van der Waals surface area contributed by atoms with Crippen LogP contribution in [0.4, 0.5) is 24.7 Å². The Labute approximate surface area is 123 Å². The second kappa shape index (κ2) is 6.37. The van der Waals surface area contributed by atoms with Crippen molar-refractivity contribution >= 4 is 17.4 Å². The van der Waals surface area contributed by atoms with Crippen molar-refractivity contribution in [1.82, 2.24) is 5.16 Å². The number of carbonyl (C=O) groups excluding carboxylic acids is 1. The predicted octanol–water partition coefficient (Wildman–Crippen LogP) is 2.93. The van der Waals surface area contributed by atoms with E-state index in [0.29, 0.717) is 5.76 Å². The molecule has 0 fully saturated rings. The van der Waals surface area contributed by atoms with Gasteiger partial charge < -0.3 is 19.9 Å². The molecule has 1 amide bonds. The van der Waals surface area contributed by atoms with Crippen LogP contribution in [0.1, 0.15) is 5.76 Å². The molecule has 0 saturated carbocycles. The van der Waals surface area contributed by atoms with Gasteiger partial charge in [0.15, 0.2) is 11.6 Å². The minimum Gasteiger partial charge on any atom is -0.404 e. The lowest BCUT2D eigenvalue weighted by Crippen LogP contribution is -2.23. The minimum atomic E-state index is -4.81. The molecule has 1 heterocycles. The predicted molar refractivity (Wildman–Crippen MR) is 71.5 cm³/mol. The molecular formula is C13H12F3N3O3. The highest BCUT2D eigenvalue weighted by atomic mass is 19.4. The zero-order chi connectivity index (χ0) is 16.2. The maximum Gasteiger partial charge on any atom is 0.573 e. The summed E-state index contributed by atoms with van der Waals surface area (Å²) >= 11 is 0. The molecular weight excluding hydrogens is 303 g/mol. The van der Waals surface area contributed by atoms with E-state index in [9.17, 15) is 18.0 Å². The van der Waals surface area contributed by atoms with Crippen LogP contribution < -0.4 is 15.4 Å². The first kappa shape index (κ1) is 15.7. The van der Waals surface area contributed by atoms with Crippen LogP contribution in [-0.2, 0) is 4.79 Å². The molecule has 0 aliphatic rings. The van der Waals surface area contributed by atoms with Crippen LogP contribution in [0.15, 0.2) is 34.9 Å². The second-order valence-corrected chi connectivity index (χ2v) is 4.27. The van der Waals surface area contributed by atoms with Crippen molar-refractivity contribution in [3.05, 3.63) is 36.1 Å². The summed E-state index contributed by atoms with van der Waals surface area (Å²) in [5, 5.41) is 8.57. The number of hydrogen-bond acceptors (Lipinski definition) is 5. The summed E-state index contributed by atoms with van der Waals surface area (Å²) in [4.78, 5) is 11.7. The molecule has 2 aromatic rings. The van der Waals surface area contributed by atoms with Gasteiger partial charge in [0.05, 0.1) is 12.2 Å². The molecule has 6 nitrogen and oxygen atoms in total. The molecule has 0 radical (unpaired) electrons. The van der Waals surface area contributed by atoms with E-state index < -0.39 is 18.0 Å². The van der Waals surface area contributed by atoms with E-state index in [2.05, 4.69) is 20.5 Å². The summed E-state index contributed by atoms with van der Waals surface area (Å²) < 4.78 is 45.4. The second-order valence-electron chi connectivity index (χ2n) is 4.27. The fourth-order valence-corrected chi connectivity index (χ4v) is 1.61. The summed E-state index contributed by atoms with van der Waals surface area (Å²) in [6.07, 6.45) is -4.81. The number of nitrogens with one attached hydrogen (secondary N) is 2. The van der Waals surface area contributed by atoms with Gasteiger partial charge in [-0.1, -0.05) is 17.3 Å². The Morgan fingerprint density at radius 3 is 2.73 bits per heavy atom. The fourth-order valence-electron chi connectivity index (χ4n) is 1.61. The van der Waals surface area contributed by atoms with E-state index >= 15 is 0 Å². The fraction of sp³-hybridized carbons (Fsp3) is 0.231. The molecule has 0 aliphatic heterocycles. The van der Waals surface area contributed by atoms with Gasteiger partial charge in [0, 0.05) is 6.07 Å². The van der Waals surface area contributed by atoms with E-state index in [1.807, 2.05) is 0 Å². The van der Waals surface area contributed by atoms with Gasteiger partial charge in [-0.3, -0.25) is 4.79 Å². The third-order valence-corrected chi connectivity index (χ3v) is 2.45. The van der Waals surface area contributed by atoms with Crippen molar-refractivity contribution in [2.45, 2.75) is 13.3 Å². The third kappa shape index (κ3) is 4.69. The zero-order valence-corrected chi connectivity index (χ0v) is 11.4. The Morgan fingerprint density at radius 2 is 2.09 bits per heavy atom. The Balaban J connectivity index is 1.95. The van der Waals surface area contributed by atoms with Crippen LogP contribution in [0.25, 0.3) is 0 Å².